The molecule has 0 spiro atoms. The van der Waals surface area contributed by atoms with E-state index in [1.165, 1.54) is 5.56 Å². The van der Waals surface area contributed by atoms with Crippen molar-refractivity contribution in [1.82, 2.24) is 9.97 Å². The summed E-state index contributed by atoms with van der Waals surface area (Å²) in [5.41, 5.74) is 5.88. The molecule has 3 N–H and O–H groups in total. The molecular formula is C15H20N4. The number of aromatic nitrogens is 2. The van der Waals surface area contributed by atoms with Crippen LogP contribution in [-0.4, -0.2) is 9.97 Å². The van der Waals surface area contributed by atoms with E-state index in [1.54, 1.807) is 0 Å². The van der Waals surface area contributed by atoms with Crippen molar-refractivity contribution in [3.63, 3.8) is 0 Å². The maximum atomic E-state index is 5.41. The summed E-state index contributed by atoms with van der Waals surface area (Å²) in [6.07, 6.45) is 0. The minimum Gasteiger partial charge on any atom is -0.308 e. The van der Waals surface area contributed by atoms with E-state index in [9.17, 15) is 0 Å². The lowest BCUT2D eigenvalue weighted by molar-refractivity contribution is 0.590. The van der Waals surface area contributed by atoms with Gasteiger partial charge in [-0.2, -0.15) is 0 Å². The van der Waals surface area contributed by atoms with Gasteiger partial charge in [0.1, 0.15) is 5.82 Å². The molecule has 0 saturated heterocycles. The molecular weight excluding hydrogens is 236 g/mol. The molecule has 0 fully saturated rings. The van der Waals surface area contributed by atoms with E-state index in [-0.39, 0.29) is 5.41 Å². The lowest BCUT2D eigenvalue weighted by Crippen LogP contribution is -2.11. The predicted molar refractivity (Wildman–Crippen MR) is 78.7 cm³/mol. The van der Waals surface area contributed by atoms with Crippen molar-refractivity contribution >= 4 is 5.82 Å². The number of hydrazine groups is 1. The number of nitrogens with two attached hydrogens (primary N) is 1. The van der Waals surface area contributed by atoms with Crippen molar-refractivity contribution in [2.75, 3.05) is 5.43 Å². The van der Waals surface area contributed by atoms with Crippen LogP contribution >= 0.6 is 0 Å². The van der Waals surface area contributed by atoms with E-state index in [0.29, 0.717) is 11.6 Å². The van der Waals surface area contributed by atoms with Crippen LogP contribution in [0, 0.1) is 6.92 Å². The molecule has 2 aromatic rings. The summed E-state index contributed by atoms with van der Waals surface area (Å²) in [5.74, 6) is 6.72. The van der Waals surface area contributed by atoms with Crippen LogP contribution in [0.5, 0.6) is 0 Å². The highest BCUT2D eigenvalue weighted by atomic mass is 15.3. The van der Waals surface area contributed by atoms with Crippen LogP contribution in [0.4, 0.5) is 5.82 Å². The number of nitrogens with zero attached hydrogens (tertiary/aromatic N) is 2. The van der Waals surface area contributed by atoms with Crippen LogP contribution in [0.15, 0.2) is 30.3 Å². The Labute approximate surface area is 114 Å². The number of rotatable bonds is 2. The molecule has 4 heteroatoms. The Balaban J connectivity index is 2.40. The van der Waals surface area contributed by atoms with Gasteiger partial charge < -0.3 is 5.43 Å². The number of anilines is 1. The summed E-state index contributed by atoms with van der Waals surface area (Å²) in [4.78, 5) is 8.80. The largest absolute Gasteiger partial charge is 0.308 e. The van der Waals surface area contributed by atoms with Crippen LogP contribution in [0.2, 0.25) is 0 Å². The smallest absolute Gasteiger partial charge is 0.161 e. The molecule has 0 saturated carbocycles. The first kappa shape index (κ1) is 13.5. The van der Waals surface area contributed by atoms with Crippen molar-refractivity contribution in [2.45, 2.75) is 33.1 Å². The van der Waals surface area contributed by atoms with Gasteiger partial charge in [-0.05, 0) is 17.9 Å². The molecule has 0 unspecified atom stereocenters. The maximum absolute atomic E-state index is 5.41. The van der Waals surface area contributed by atoms with Crippen molar-refractivity contribution in [3.05, 3.63) is 41.6 Å². The maximum Gasteiger partial charge on any atom is 0.161 e. The van der Waals surface area contributed by atoms with Crippen LogP contribution in [-0.2, 0) is 5.41 Å². The van der Waals surface area contributed by atoms with Gasteiger partial charge in [0, 0.05) is 17.3 Å². The molecule has 0 radical (unpaired) electrons. The van der Waals surface area contributed by atoms with Crippen molar-refractivity contribution < 1.29 is 0 Å². The number of benzene rings is 1. The van der Waals surface area contributed by atoms with E-state index < -0.39 is 0 Å². The van der Waals surface area contributed by atoms with Crippen molar-refractivity contribution in [2.24, 2.45) is 5.84 Å². The van der Waals surface area contributed by atoms with Crippen LogP contribution in [0.25, 0.3) is 11.4 Å². The summed E-state index contributed by atoms with van der Waals surface area (Å²) in [6, 6.07) is 10.2. The SMILES string of the molecule is Cc1cc(NN)nc(-c2ccc(C(C)(C)C)cc2)n1. The molecule has 19 heavy (non-hydrogen) atoms. The third-order valence-electron chi connectivity index (χ3n) is 3.01. The third-order valence-corrected chi connectivity index (χ3v) is 3.01. The zero-order valence-electron chi connectivity index (χ0n) is 11.9. The number of hydrogen-bond donors (Lipinski definition) is 2. The Hall–Kier alpha value is -1.94. The van der Waals surface area contributed by atoms with Gasteiger partial charge in [0.15, 0.2) is 5.82 Å². The zero-order valence-corrected chi connectivity index (χ0v) is 11.9. The quantitative estimate of drug-likeness (QED) is 0.640. The molecule has 1 heterocycles. The highest BCUT2D eigenvalue weighted by molar-refractivity contribution is 5.58. The fourth-order valence-corrected chi connectivity index (χ4v) is 1.89. The first-order chi connectivity index (χ1) is 8.90. The van der Waals surface area contributed by atoms with Gasteiger partial charge in [-0.1, -0.05) is 45.0 Å². The molecule has 2 rings (SSSR count). The van der Waals surface area contributed by atoms with E-state index in [1.807, 2.05) is 13.0 Å². The standard InChI is InChI=1S/C15H20N4/c1-10-9-13(19-16)18-14(17-10)11-5-7-12(8-6-11)15(2,3)4/h5-9H,16H2,1-4H3,(H,17,18,19). The van der Waals surface area contributed by atoms with Crippen LogP contribution in [0.1, 0.15) is 32.0 Å². The molecule has 1 aromatic carbocycles. The lowest BCUT2D eigenvalue weighted by atomic mass is 9.87. The predicted octanol–water partition coefficient (Wildman–Crippen LogP) is 3.04. The molecule has 0 amide bonds. The number of nitrogen functional groups attached to an aromatic ring is 1. The van der Waals surface area contributed by atoms with Crippen molar-refractivity contribution in [3.8, 4) is 11.4 Å². The zero-order chi connectivity index (χ0) is 14.0. The van der Waals surface area contributed by atoms with Crippen LogP contribution < -0.4 is 11.3 Å². The Bertz CT molecular complexity index is 568. The normalized spacial score (nSPS) is 11.4. The minimum absolute atomic E-state index is 0.149. The second-order valence-electron chi connectivity index (χ2n) is 5.69. The fourth-order valence-electron chi connectivity index (χ4n) is 1.89. The fraction of sp³-hybridized carbons (Fsp3) is 0.333. The van der Waals surface area contributed by atoms with Gasteiger partial charge in [0.25, 0.3) is 0 Å². The number of nitrogens with one attached hydrogen (secondary N) is 1. The minimum atomic E-state index is 0.149. The molecule has 0 atom stereocenters. The molecule has 1 aromatic heterocycles. The average Bonchev–Trinajstić information content (AvgIpc) is 2.37. The topological polar surface area (TPSA) is 63.8 Å². The Morgan fingerprint density at radius 2 is 1.68 bits per heavy atom. The summed E-state index contributed by atoms with van der Waals surface area (Å²) in [5, 5.41) is 0. The van der Waals surface area contributed by atoms with E-state index in [4.69, 9.17) is 5.84 Å². The van der Waals surface area contributed by atoms with Crippen LogP contribution in [0.3, 0.4) is 0 Å². The molecule has 100 valence electrons. The summed E-state index contributed by atoms with van der Waals surface area (Å²) < 4.78 is 0. The Morgan fingerprint density at radius 3 is 2.21 bits per heavy atom. The molecule has 0 aliphatic rings. The number of hydrogen-bond acceptors (Lipinski definition) is 4. The molecule has 0 bridgehead atoms. The van der Waals surface area contributed by atoms with Gasteiger partial charge in [-0.3, -0.25) is 0 Å². The van der Waals surface area contributed by atoms with Gasteiger partial charge in [-0.25, -0.2) is 15.8 Å². The van der Waals surface area contributed by atoms with Gasteiger partial charge in [-0.15, -0.1) is 0 Å². The van der Waals surface area contributed by atoms with E-state index >= 15 is 0 Å². The molecule has 0 aliphatic heterocycles. The monoisotopic (exact) mass is 256 g/mol. The van der Waals surface area contributed by atoms with Gasteiger partial charge in [0.2, 0.25) is 0 Å². The lowest BCUT2D eigenvalue weighted by Gasteiger charge is -2.19. The second kappa shape index (κ2) is 4.97. The summed E-state index contributed by atoms with van der Waals surface area (Å²) in [7, 11) is 0. The summed E-state index contributed by atoms with van der Waals surface area (Å²) >= 11 is 0. The highest BCUT2D eigenvalue weighted by Crippen LogP contribution is 2.25. The van der Waals surface area contributed by atoms with Gasteiger partial charge in [0.05, 0.1) is 0 Å². The number of aryl methyl sites for hydroxylation is 1. The second-order valence-corrected chi connectivity index (χ2v) is 5.69. The van der Waals surface area contributed by atoms with E-state index in [0.717, 1.165) is 11.3 Å². The van der Waals surface area contributed by atoms with Crippen molar-refractivity contribution in [1.29, 1.82) is 0 Å². The highest BCUT2D eigenvalue weighted by Gasteiger charge is 2.13. The Kier molecular flexibility index (Phi) is 3.53. The molecule has 4 nitrogen and oxygen atoms in total. The van der Waals surface area contributed by atoms with Gasteiger partial charge >= 0.3 is 0 Å². The summed E-state index contributed by atoms with van der Waals surface area (Å²) in [6.45, 7) is 8.51. The van der Waals surface area contributed by atoms with E-state index in [2.05, 4.69) is 60.4 Å². The first-order valence-electron chi connectivity index (χ1n) is 6.33. The average molecular weight is 256 g/mol. The third kappa shape index (κ3) is 3.09. The Morgan fingerprint density at radius 1 is 1.05 bits per heavy atom. The first-order valence-corrected chi connectivity index (χ1v) is 6.33. The molecule has 0 aliphatic carbocycles.